The molecular formula is C24H24O3. The molecule has 0 aliphatic heterocycles. The van der Waals surface area contributed by atoms with E-state index in [1.165, 1.54) is 33.4 Å². The van der Waals surface area contributed by atoms with Gasteiger partial charge in [-0.2, -0.15) is 0 Å². The molecule has 1 aromatic heterocycles. The first-order valence-corrected chi connectivity index (χ1v) is 9.14. The van der Waals surface area contributed by atoms with Crippen molar-refractivity contribution in [1.82, 2.24) is 0 Å². The van der Waals surface area contributed by atoms with Crippen molar-refractivity contribution in [2.45, 2.75) is 27.2 Å². The summed E-state index contributed by atoms with van der Waals surface area (Å²) in [6.07, 6.45) is 3.15. The van der Waals surface area contributed by atoms with Gasteiger partial charge in [0.15, 0.2) is 0 Å². The number of rotatable bonds is 4. The summed E-state index contributed by atoms with van der Waals surface area (Å²) in [5.74, 6) is 3.53. The summed E-state index contributed by atoms with van der Waals surface area (Å²) in [5, 5.41) is 0. The van der Waals surface area contributed by atoms with Crippen LogP contribution in [0.3, 0.4) is 0 Å². The molecule has 27 heavy (non-hydrogen) atoms. The molecule has 3 nitrogen and oxygen atoms in total. The van der Waals surface area contributed by atoms with Gasteiger partial charge in [-0.15, -0.1) is 0 Å². The minimum atomic E-state index is 0.792. The van der Waals surface area contributed by atoms with E-state index in [4.69, 9.17) is 13.9 Å². The summed E-state index contributed by atoms with van der Waals surface area (Å²) >= 11 is 0. The van der Waals surface area contributed by atoms with Crippen molar-refractivity contribution in [2.75, 3.05) is 14.2 Å². The molecule has 2 aromatic carbocycles. The molecule has 1 aliphatic carbocycles. The van der Waals surface area contributed by atoms with Crippen molar-refractivity contribution in [2.24, 2.45) is 0 Å². The molecule has 1 aliphatic rings. The second-order valence-electron chi connectivity index (χ2n) is 7.13. The number of benzene rings is 2. The van der Waals surface area contributed by atoms with Crippen LogP contribution in [0.4, 0.5) is 0 Å². The lowest BCUT2D eigenvalue weighted by atomic mass is 9.92. The van der Waals surface area contributed by atoms with Gasteiger partial charge in [0, 0.05) is 12.5 Å². The van der Waals surface area contributed by atoms with E-state index in [1.54, 1.807) is 14.2 Å². The summed E-state index contributed by atoms with van der Waals surface area (Å²) < 4.78 is 16.9. The molecule has 1 heterocycles. The maximum Gasteiger partial charge on any atom is 0.130 e. The second kappa shape index (κ2) is 6.66. The fourth-order valence-electron chi connectivity index (χ4n) is 3.75. The lowest BCUT2D eigenvalue weighted by Gasteiger charge is -2.14. The predicted molar refractivity (Wildman–Crippen MR) is 109 cm³/mol. The van der Waals surface area contributed by atoms with Gasteiger partial charge in [-0.1, -0.05) is 12.1 Å². The average molecular weight is 360 g/mol. The lowest BCUT2D eigenvalue weighted by Crippen LogP contribution is -1.94. The fraction of sp³-hybridized carbons (Fsp3) is 0.250. The first kappa shape index (κ1) is 17.5. The Morgan fingerprint density at radius 3 is 2.15 bits per heavy atom. The molecule has 0 N–H and O–H groups in total. The zero-order chi connectivity index (χ0) is 19.1. The molecule has 138 valence electrons. The van der Waals surface area contributed by atoms with Gasteiger partial charge in [0.2, 0.25) is 0 Å². The topological polar surface area (TPSA) is 31.6 Å². The third kappa shape index (κ3) is 3.03. The van der Waals surface area contributed by atoms with Gasteiger partial charge in [-0.05, 0) is 84.0 Å². The molecule has 3 heteroatoms. The van der Waals surface area contributed by atoms with Crippen LogP contribution in [0.15, 0.2) is 40.8 Å². The molecule has 0 amide bonds. The molecule has 0 saturated heterocycles. The smallest absolute Gasteiger partial charge is 0.130 e. The van der Waals surface area contributed by atoms with Crippen molar-refractivity contribution < 1.29 is 13.9 Å². The summed E-state index contributed by atoms with van der Waals surface area (Å²) in [6.45, 7) is 6.25. The molecular weight excluding hydrogens is 336 g/mol. The normalized spacial score (nSPS) is 12.7. The van der Waals surface area contributed by atoms with Gasteiger partial charge in [0.25, 0.3) is 0 Å². The van der Waals surface area contributed by atoms with Crippen molar-refractivity contribution >= 4 is 11.6 Å². The van der Waals surface area contributed by atoms with Gasteiger partial charge in [0.1, 0.15) is 23.0 Å². The molecule has 0 fully saturated rings. The average Bonchev–Trinajstić information content (AvgIpc) is 3.24. The Morgan fingerprint density at radius 1 is 0.852 bits per heavy atom. The third-order valence-electron chi connectivity index (χ3n) is 5.37. The van der Waals surface area contributed by atoms with Gasteiger partial charge < -0.3 is 13.9 Å². The highest BCUT2D eigenvalue weighted by atomic mass is 16.5. The molecule has 0 unspecified atom stereocenters. The van der Waals surface area contributed by atoms with Gasteiger partial charge in [0.05, 0.1) is 14.2 Å². The number of hydrogen-bond acceptors (Lipinski definition) is 3. The van der Waals surface area contributed by atoms with Crippen LogP contribution < -0.4 is 9.47 Å². The molecule has 3 aromatic rings. The van der Waals surface area contributed by atoms with Crippen molar-refractivity contribution in [1.29, 1.82) is 0 Å². The summed E-state index contributed by atoms with van der Waals surface area (Å²) in [4.78, 5) is 0. The molecule has 0 radical (unpaired) electrons. The van der Waals surface area contributed by atoms with E-state index in [1.807, 2.05) is 13.0 Å². The Labute approximate surface area is 160 Å². The number of fused-ring (bicyclic) bond motifs is 1. The Morgan fingerprint density at radius 2 is 1.56 bits per heavy atom. The monoisotopic (exact) mass is 360 g/mol. The minimum absolute atomic E-state index is 0.792. The van der Waals surface area contributed by atoms with Crippen LogP contribution in [0.5, 0.6) is 11.5 Å². The predicted octanol–water partition coefficient (Wildman–Crippen LogP) is 5.99. The maximum atomic E-state index is 5.97. The van der Waals surface area contributed by atoms with Crippen molar-refractivity contribution in [3.8, 4) is 22.6 Å². The second-order valence-corrected chi connectivity index (χ2v) is 7.13. The highest BCUT2D eigenvalue weighted by molar-refractivity contribution is 5.94. The number of ether oxygens (including phenoxy) is 2. The zero-order valence-corrected chi connectivity index (χ0v) is 16.5. The van der Waals surface area contributed by atoms with Crippen LogP contribution in [0.1, 0.15) is 33.8 Å². The highest BCUT2D eigenvalue weighted by Crippen LogP contribution is 2.41. The van der Waals surface area contributed by atoms with Crippen LogP contribution in [-0.2, 0) is 6.42 Å². The minimum Gasteiger partial charge on any atom is -0.497 e. The van der Waals surface area contributed by atoms with Gasteiger partial charge >= 0.3 is 0 Å². The van der Waals surface area contributed by atoms with E-state index in [2.05, 4.69) is 50.3 Å². The molecule has 0 spiro atoms. The zero-order valence-electron chi connectivity index (χ0n) is 16.5. The maximum absolute atomic E-state index is 5.97. The first-order chi connectivity index (χ1) is 13.0. The number of aryl methyl sites for hydroxylation is 3. The molecule has 0 bridgehead atoms. The summed E-state index contributed by atoms with van der Waals surface area (Å²) in [7, 11) is 3.36. The molecule has 0 atom stereocenters. The quantitative estimate of drug-likeness (QED) is 0.573. The van der Waals surface area contributed by atoms with Crippen LogP contribution in [-0.4, -0.2) is 14.2 Å². The van der Waals surface area contributed by atoms with Crippen LogP contribution in [0.2, 0.25) is 0 Å². The molecule has 4 rings (SSSR count). The van der Waals surface area contributed by atoms with Gasteiger partial charge in [-0.3, -0.25) is 0 Å². The summed E-state index contributed by atoms with van der Waals surface area (Å²) in [5.41, 5.74) is 8.54. The number of allylic oxidation sites excluding steroid dienone is 1. The Hall–Kier alpha value is -2.94. The van der Waals surface area contributed by atoms with E-state index in [-0.39, 0.29) is 0 Å². The van der Waals surface area contributed by atoms with Gasteiger partial charge in [-0.25, -0.2) is 0 Å². The van der Waals surface area contributed by atoms with E-state index >= 15 is 0 Å². The number of methoxy groups -OCH3 is 2. The third-order valence-corrected chi connectivity index (χ3v) is 5.37. The van der Waals surface area contributed by atoms with E-state index in [0.29, 0.717) is 0 Å². The lowest BCUT2D eigenvalue weighted by molar-refractivity contribution is 0.394. The van der Waals surface area contributed by atoms with E-state index in [0.717, 1.165) is 35.0 Å². The SMILES string of the molecule is COc1cc(OC)cc(-c2c(C)ccc3c2C=C(c2cc(C)c(C)o2)C3)c1. The largest absolute Gasteiger partial charge is 0.497 e. The van der Waals surface area contributed by atoms with E-state index < -0.39 is 0 Å². The number of hydrogen-bond donors (Lipinski definition) is 0. The fourth-order valence-corrected chi connectivity index (χ4v) is 3.75. The Bertz CT molecular complexity index is 1010. The van der Waals surface area contributed by atoms with Crippen LogP contribution in [0, 0.1) is 20.8 Å². The van der Waals surface area contributed by atoms with Crippen molar-refractivity contribution in [3.63, 3.8) is 0 Å². The van der Waals surface area contributed by atoms with Crippen LogP contribution in [0.25, 0.3) is 22.8 Å². The first-order valence-electron chi connectivity index (χ1n) is 9.14. The van der Waals surface area contributed by atoms with E-state index in [9.17, 15) is 0 Å². The Balaban J connectivity index is 1.87. The summed E-state index contributed by atoms with van der Waals surface area (Å²) in [6, 6.07) is 12.6. The van der Waals surface area contributed by atoms with Crippen LogP contribution >= 0.6 is 0 Å². The Kier molecular flexibility index (Phi) is 4.31. The van der Waals surface area contributed by atoms with Crippen molar-refractivity contribution in [3.05, 3.63) is 70.2 Å². The standard InChI is InChI=1S/C24H24O3/c1-14-6-7-17-9-18(23-8-15(2)16(3)27-23)12-22(17)24(14)19-10-20(25-4)13-21(11-19)26-5/h6-8,10-13H,9H2,1-5H3. The number of furan rings is 1. The molecule has 0 saturated carbocycles. The highest BCUT2D eigenvalue weighted by Gasteiger charge is 2.22.